The van der Waals surface area contributed by atoms with Gasteiger partial charge in [0.1, 0.15) is 6.07 Å². The monoisotopic (exact) mass is 428 g/mol. The molecule has 7 rings (SSSR count). The second kappa shape index (κ2) is 5.93. The van der Waals surface area contributed by atoms with Crippen LogP contribution in [-0.2, 0) is 0 Å². The Bertz CT molecular complexity index is 1630. The zero-order chi connectivity index (χ0) is 20.7. The lowest BCUT2D eigenvalue weighted by Crippen LogP contribution is -2.23. The minimum Gasteiger partial charge on any atom is -0.193 e. The van der Waals surface area contributed by atoms with Crippen molar-refractivity contribution in [1.82, 2.24) is 0 Å². The highest BCUT2D eigenvalue weighted by atomic mass is 32.1. The Kier molecular flexibility index (Phi) is 3.26. The first kappa shape index (κ1) is 17.0. The molecule has 31 heavy (non-hydrogen) atoms. The molecule has 0 spiro atoms. The number of benzene rings is 2. The third-order valence-electron chi connectivity index (χ3n) is 6.56. The van der Waals surface area contributed by atoms with Gasteiger partial charge in [-0.1, -0.05) is 42.5 Å². The van der Waals surface area contributed by atoms with Gasteiger partial charge < -0.3 is 0 Å². The maximum Gasteiger partial charge on any atom is 0.100 e. The van der Waals surface area contributed by atoms with Gasteiger partial charge in [0.15, 0.2) is 0 Å². The van der Waals surface area contributed by atoms with Crippen molar-refractivity contribution in [3.8, 4) is 12.1 Å². The van der Waals surface area contributed by atoms with Crippen LogP contribution in [0, 0.1) is 22.7 Å². The summed E-state index contributed by atoms with van der Waals surface area (Å²) in [6.45, 7) is 0. The zero-order valence-corrected chi connectivity index (χ0v) is 17.8. The highest BCUT2D eigenvalue weighted by molar-refractivity contribution is 7.11. The van der Waals surface area contributed by atoms with E-state index in [2.05, 4.69) is 60.0 Å². The number of hydrogen-bond acceptors (Lipinski definition) is 4. The predicted octanol–water partition coefficient (Wildman–Crippen LogP) is 7.14. The smallest absolute Gasteiger partial charge is 0.100 e. The first-order valence-electron chi connectivity index (χ1n) is 10.0. The van der Waals surface area contributed by atoms with Gasteiger partial charge in [0, 0.05) is 32.4 Å². The van der Waals surface area contributed by atoms with Gasteiger partial charge in [0.05, 0.1) is 17.2 Å². The van der Waals surface area contributed by atoms with Crippen LogP contribution in [0.25, 0.3) is 27.5 Å². The summed E-state index contributed by atoms with van der Waals surface area (Å²) in [5.74, 6) is -0.0606. The minimum atomic E-state index is -0.0606. The van der Waals surface area contributed by atoms with E-state index in [1.54, 1.807) is 22.7 Å². The van der Waals surface area contributed by atoms with Crippen molar-refractivity contribution in [2.45, 2.75) is 5.92 Å². The summed E-state index contributed by atoms with van der Waals surface area (Å²) in [6, 6.07) is 24.0. The van der Waals surface area contributed by atoms with Gasteiger partial charge in [-0.2, -0.15) is 10.5 Å². The predicted molar refractivity (Wildman–Crippen MR) is 126 cm³/mol. The summed E-state index contributed by atoms with van der Waals surface area (Å²) in [5, 5.41) is 26.9. The number of allylic oxidation sites excluding steroid dienone is 5. The van der Waals surface area contributed by atoms with Gasteiger partial charge in [-0.05, 0) is 55.9 Å². The molecular weight excluding hydrogens is 416 g/mol. The van der Waals surface area contributed by atoms with Crippen LogP contribution in [0.3, 0.4) is 0 Å². The van der Waals surface area contributed by atoms with Gasteiger partial charge in [0.2, 0.25) is 0 Å². The molecule has 0 radical (unpaired) electrons. The van der Waals surface area contributed by atoms with Crippen LogP contribution in [0.15, 0.2) is 82.1 Å². The van der Waals surface area contributed by atoms with Crippen molar-refractivity contribution in [3.63, 3.8) is 0 Å². The standard InChI is InChI=1S/C27H12N2S2/c28-12-17-22(19-6-2-10-30-19)16-9-8-14-4-1-5-15-21(14)25(16)26(17)27-23(15)18(13-29)24(27)20-7-3-11-31-20/h1-11,23H. The van der Waals surface area contributed by atoms with Crippen LogP contribution >= 0.6 is 22.7 Å². The van der Waals surface area contributed by atoms with E-state index in [0.717, 1.165) is 48.8 Å². The molecular formula is C27H12N2S2. The van der Waals surface area contributed by atoms with Crippen molar-refractivity contribution < 1.29 is 0 Å². The fraction of sp³-hybridized carbons (Fsp3) is 0.0370. The number of rotatable bonds is 2. The third kappa shape index (κ3) is 1.95. The van der Waals surface area contributed by atoms with E-state index in [1.807, 2.05) is 17.5 Å². The van der Waals surface area contributed by atoms with Gasteiger partial charge in [-0.3, -0.25) is 0 Å². The van der Waals surface area contributed by atoms with Gasteiger partial charge in [-0.15, -0.1) is 22.7 Å². The van der Waals surface area contributed by atoms with Gasteiger partial charge in [-0.25, -0.2) is 0 Å². The van der Waals surface area contributed by atoms with Crippen LogP contribution < -0.4 is 0 Å². The van der Waals surface area contributed by atoms with Crippen molar-refractivity contribution in [2.75, 3.05) is 0 Å². The largest absolute Gasteiger partial charge is 0.193 e. The second-order valence-corrected chi connectivity index (χ2v) is 9.77. The lowest BCUT2D eigenvalue weighted by atomic mass is 9.62. The molecule has 0 aliphatic heterocycles. The number of fused-ring (bicyclic) bond motifs is 2. The summed E-state index contributed by atoms with van der Waals surface area (Å²) >= 11 is 3.32. The molecule has 2 aromatic heterocycles. The van der Waals surface area contributed by atoms with Crippen molar-refractivity contribution in [2.24, 2.45) is 0 Å². The molecule has 4 aromatic rings. The Morgan fingerprint density at radius 1 is 0.742 bits per heavy atom. The van der Waals surface area contributed by atoms with Crippen molar-refractivity contribution in [3.05, 3.63) is 109 Å². The normalized spacial score (nSPS) is 18.2. The van der Waals surface area contributed by atoms with Crippen LogP contribution in [0.4, 0.5) is 0 Å². The molecule has 4 heteroatoms. The van der Waals surface area contributed by atoms with Crippen LogP contribution in [0.1, 0.15) is 32.4 Å². The Labute approximate surface area is 186 Å². The summed E-state index contributed by atoms with van der Waals surface area (Å²) in [5.41, 5.74) is 9.29. The average Bonchev–Trinajstić information content (AvgIpc) is 3.53. The fourth-order valence-electron chi connectivity index (χ4n) is 5.45. The van der Waals surface area contributed by atoms with E-state index in [4.69, 9.17) is 0 Å². The van der Waals surface area contributed by atoms with Gasteiger partial charge >= 0.3 is 0 Å². The van der Waals surface area contributed by atoms with E-state index in [-0.39, 0.29) is 5.92 Å². The highest BCUT2D eigenvalue weighted by Crippen LogP contribution is 2.64. The van der Waals surface area contributed by atoms with Crippen LogP contribution in [0.2, 0.25) is 0 Å². The molecule has 2 heterocycles. The Morgan fingerprint density at radius 2 is 1.52 bits per heavy atom. The topological polar surface area (TPSA) is 47.6 Å². The summed E-state index contributed by atoms with van der Waals surface area (Å²) in [7, 11) is 0. The van der Waals surface area contributed by atoms with E-state index in [0.29, 0.717) is 0 Å². The first-order chi connectivity index (χ1) is 15.3. The van der Waals surface area contributed by atoms with E-state index < -0.39 is 0 Å². The molecule has 0 bridgehead atoms. The molecule has 142 valence electrons. The number of nitrogens with zero attached hydrogens (tertiary/aromatic N) is 2. The number of nitriles is 2. The van der Waals surface area contributed by atoms with Crippen molar-refractivity contribution in [1.29, 1.82) is 10.5 Å². The lowest BCUT2D eigenvalue weighted by molar-refractivity contribution is 0.939. The molecule has 3 aliphatic rings. The fourth-order valence-corrected chi connectivity index (χ4v) is 7.04. The molecule has 3 aliphatic carbocycles. The zero-order valence-electron chi connectivity index (χ0n) is 16.1. The Morgan fingerprint density at radius 3 is 2.19 bits per heavy atom. The molecule has 1 unspecified atom stereocenters. The van der Waals surface area contributed by atoms with Crippen LogP contribution in [-0.4, -0.2) is 0 Å². The maximum absolute atomic E-state index is 10.4. The van der Waals surface area contributed by atoms with Crippen LogP contribution in [0.5, 0.6) is 0 Å². The van der Waals surface area contributed by atoms with E-state index in [9.17, 15) is 10.5 Å². The second-order valence-electron chi connectivity index (χ2n) is 7.87. The summed E-state index contributed by atoms with van der Waals surface area (Å²) in [6.07, 6.45) is 0. The minimum absolute atomic E-state index is 0.0606. The molecule has 0 fully saturated rings. The molecule has 0 amide bonds. The maximum atomic E-state index is 10.4. The molecule has 1 atom stereocenters. The Balaban J connectivity index is 1.69. The number of hydrogen-bond donors (Lipinski definition) is 0. The Hall–Kier alpha value is -3.70. The first-order valence-corrected chi connectivity index (χ1v) is 11.8. The molecule has 0 saturated carbocycles. The molecule has 0 N–H and O–H groups in total. The quantitative estimate of drug-likeness (QED) is 0.340. The summed E-state index contributed by atoms with van der Waals surface area (Å²) < 4.78 is 0. The SMILES string of the molecule is N#CC1=C(c2cccs2)c2ccc3cccc4c3c2C1=C1C(c2cccs2)=C(C#N)C14. The number of thiophene rings is 2. The lowest BCUT2D eigenvalue weighted by Gasteiger charge is -2.39. The molecule has 2 aromatic carbocycles. The highest BCUT2D eigenvalue weighted by Gasteiger charge is 2.47. The molecule has 2 nitrogen and oxygen atoms in total. The van der Waals surface area contributed by atoms with Crippen molar-refractivity contribution >= 4 is 50.2 Å². The van der Waals surface area contributed by atoms with E-state index in [1.165, 1.54) is 21.9 Å². The third-order valence-corrected chi connectivity index (χ3v) is 8.34. The molecule has 0 saturated heterocycles. The van der Waals surface area contributed by atoms with E-state index >= 15 is 0 Å². The van der Waals surface area contributed by atoms with Gasteiger partial charge in [0.25, 0.3) is 0 Å². The average molecular weight is 429 g/mol. The summed E-state index contributed by atoms with van der Waals surface area (Å²) in [4.78, 5) is 2.22.